The largest absolute Gasteiger partial charge is 0.508 e. The van der Waals surface area contributed by atoms with Gasteiger partial charge in [0.1, 0.15) is 11.5 Å². The van der Waals surface area contributed by atoms with Crippen LogP contribution in [0.3, 0.4) is 0 Å². The zero-order valence-electron chi connectivity index (χ0n) is 13.0. The number of hydrogen-bond donors (Lipinski definition) is 2. The molecule has 3 aromatic rings. The standard InChI is InChI=1S/C20H15I3O2/c21-18-4-2-1-3-17(18)20(19(22)23,13-5-9-15(24)10-6-13)14-7-11-16(25)12-8-14/h1-12,19,24-25H. The number of hydrogen-bond acceptors (Lipinski definition) is 2. The summed E-state index contributed by atoms with van der Waals surface area (Å²) in [4.78, 5) is 0. The molecule has 0 unspecified atom stereocenters. The lowest BCUT2D eigenvalue weighted by atomic mass is 9.71. The van der Waals surface area contributed by atoms with E-state index >= 15 is 0 Å². The quantitative estimate of drug-likeness (QED) is 0.197. The summed E-state index contributed by atoms with van der Waals surface area (Å²) in [5, 5.41) is 19.5. The third-order valence-corrected chi connectivity index (χ3v) is 7.08. The summed E-state index contributed by atoms with van der Waals surface area (Å²) < 4.78 is 1.38. The maximum atomic E-state index is 9.75. The molecule has 0 aliphatic rings. The highest BCUT2D eigenvalue weighted by Crippen LogP contribution is 2.49. The van der Waals surface area contributed by atoms with Crippen molar-refractivity contribution in [2.24, 2.45) is 0 Å². The zero-order chi connectivity index (χ0) is 18.0. The molecule has 5 heteroatoms. The van der Waals surface area contributed by atoms with E-state index in [2.05, 4.69) is 86.0 Å². The minimum atomic E-state index is -0.402. The van der Waals surface area contributed by atoms with E-state index in [1.54, 1.807) is 24.3 Å². The number of aromatic hydroxyl groups is 2. The summed E-state index contributed by atoms with van der Waals surface area (Å²) >= 11 is 7.30. The van der Waals surface area contributed by atoms with Crippen LogP contribution in [0.4, 0.5) is 0 Å². The Bertz CT molecular complexity index is 813. The molecular formula is C20H15I3O2. The lowest BCUT2D eigenvalue weighted by Crippen LogP contribution is -2.36. The second kappa shape index (κ2) is 7.99. The van der Waals surface area contributed by atoms with Crippen LogP contribution in [0.25, 0.3) is 0 Å². The van der Waals surface area contributed by atoms with E-state index in [-0.39, 0.29) is 13.4 Å². The van der Waals surface area contributed by atoms with E-state index < -0.39 is 5.41 Å². The van der Waals surface area contributed by atoms with Crippen molar-refractivity contribution < 1.29 is 10.2 Å². The molecule has 0 aromatic heterocycles. The fraction of sp³-hybridized carbons (Fsp3) is 0.100. The third-order valence-electron chi connectivity index (χ3n) is 4.27. The zero-order valence-corrected chi connectivity index (χ0v) is 19.5. The molecule has 0 fully saturated rings. The summed E-state index contributed by atoms with van der Waals surface area (Å²) in [6.45, 7) is 0. The fourth-order valence-electron chi connectivity index (χ4n) is 3.08. The summed E-state index contributed by atoms with van der Waals surface area (Å²) in [5.74, 6) is 0.508. The van der Waals surface area contributed by atoms with Gasteiger partial charge in [0.2, 0.25) is 0 Å². The summed E-state index contributed by atoms with van der Waals surface area (Å²) in [7, 11) is 0. The number of halogens is 3. The molecule has 3 aromatic carbocycles. The molecule has 0 aliphatic carbocycles. The van der Waals surface area contributed by atoms with Crippen molar-refractivity contribution in [1.82, 2.24) is 0 Å². The van der Waals surface area contributed by atoms with Gasteiger partial charge >= 0.3 is 0 Å². The minimum Gasteiger partial charge on any atom is -0.508 e. The highest BCUT2D eigenvalue weighted by atomic mass is 127. The average molecular weight is 668 g/mol. The molecule has 0 aliphatic heterocycles. The van der Waals surface area contributed by atoms with Crippen LogP contribution in [0.15, 0.2) is 72.8 Å². The molecule has 0 radical (unpaired) electrons. The summed E-state index contributed by atoms with van der Waals surface area (Å²) in [5.41, 5.74) is 3.02. The Kier molecular flexibility index (Phi) is 6.15. The molecule has 2 nitrogen and oxygen atoms in total. The molecule has 0 saturated heterocycles. The van der Waals surface area contributed by atoms with E-state index in [1.165, 1.54) is 9.13 Å². The van der Waals surface area contributed by atoms with E-state index in [9.17, 15) is 10.2 Å². The van der Waals surface area contributed by atoms with Gasteiger partial charge in [0.05, 0.1) is 7.35 Å². The fourth-order valence-corrected chi connectivity index (χ4v) is 6.00. The van der Waals surface area contributed by atoms with Gasteiger partial charge in [-0.05, 0) is 69.6 Å². The van der Waals surface area contributed by atoms with Crippen LogP contribution in [-0.4, -0.2) is 12.1 Å². The maximum absolute atomic E-state index is 9.75. The van der Waals surface area contributed by atoms with Crippen molar-refractivity contribution in [1.29, 1.82) is 0 Å². The molecule has 0 atom stereocenters. The SMILES string of the molecule is Oc1ccc(C(c2ccc(O)cc2)(c2ccccc2I)C(I)I)cc1. The molecule has 0 spiro atoms. The molecule has 25 heavy (non-hydrogen) atoms. The van der Waals surface area contributed by atoms with Gasteiger partial charge in [-0.3, -0.25) is 0 Å². The van der Waals surface area contributed by atoms with Crippen LogP contribution in [0.2, 0.25) is 0 Å². The first-order valence-corrected chi connectivity index (χ1v) is 11.2. The van der Waals surface area contributed by atoms with Crippen molar-refractivity contribution >= 4 is 67.8 Å². The van der Waals surface area contributed by atoms with Gasteiger partial charge in [0.15, 0.2) is 0 Å². The van der Waals surface area contributed by atoms with Gasteiger partial charge in [-0.15, -0.1) is 0 Å². The van der Waals surface area contributed by atoms with Crippen LogP contribution in [0.5, 0.6) is 11.5 Å². The van der Waals surface area contributed by atoms with Crippen molar-refractivity contribution in [2.45, 2.75) is 7.35 Å². The summed E-state index contributed by atoms with van der Waals surface area (Å²) in [6, 6.07) is 23.2. The Hall–Kier alpha value is -0.550. The first kappa shape index (κ1) is 19.2. The monoisotopic (exact) mass is 668 g/mol. The second-order valence-electron chi connectivity index (χ2n) is 5.68. The van der Waals surface area contributed by atoms with Gasteiger partial charge in [0, 0.05) is 3.57 Å². The number of phenols is 2. The smallest absolute Gasteiger partial charge is 0.115 e. The topological polar surface area (TPSA) is 40.5 Å². The van der Waals surface area contributed by atoms with E-state index in [1.807, 2.05) is 30.3 Å². The molecule has 0 bridgehead atoms. The van der Waals surface area contributed by atoms with Gasteiger partial charge in [-0.25, -0.2) is 0 Å². The van der Waals surface area contributed by atoms with Crippen molar-refractivity contribution in [2.75, 3.05) is 0 Å². The number of benzene rings is 3. The van der Waals surface area contributed by atoms with E-state index in [0.717, 1.165) is 11.1 Å². The third kappa shape index (κ3) is 3.64. The lowest BCUT2D eigenvalue weighted by molar-refractivity contribution is 0.474. The van der Waals surface area contributed by atoms with Crippen LogP contribution < -0.4 is 0 Å². The highest BCUT2D eigenvalue weighted by Gasteiger charge is 2.42. The van der Waals surface area contributed by atoms with Crippen LogP contribution in [0.1, 0.15) is 16.7 Å². The number of rotatable bonds is 4. The number of alkyl halides is 2. The molecule has 0 saturated carbocycles. The Labute approximate surface area is 188 Å². The molecule has 128 valence electrons. The number of phenolic OH excluding ortho intramolecular Hbond substituents is 2. The molecule has 2 N–H and O–H groups in total. The molecular weight excluding hydrogens is 653 g/mol. The second-order valence-corrected chi connectivity index (χ2v) is 11.7. The predicted molar refractivity (Wildman–Crippen MR) is 127 cm³/mol. The van der Waals surface area contributed by atoms with Gasteiger partial charge in [0.25, 0.3) is 0 Å². The molecule has 0 heterocycles. The maximum Gasteiger partial charge on any atom is 0.115 e. The molecule has 0 amide bonds. The Morgan fingerprint density at radius 2 is 1.12 bits per heavy atom. The Morgan fingerprint density at radius 1 is 0.680 bits per heavy atom. The predicted octanol–water partition coefficient (Wildman–Crippen LogP) is 6.23. The Morgan fingerprint density at radius 3 is 1.52 bits per heavy atom. The lowest BCUT2D eigenvalue weighted by Gasteiger charge is -2.38. The van der Waals surface area contributed by atoms with Crippen LogP contribution in [-0.2, 0) is 5.41 Å². The average Bonchev–Trinajstić information content (AvgIpc) is 2.59. The molecule has 3 rings (SSSR count). The van der Waals surface area contributed by atoms with Gasteiger partial charge < -0.3 is 10.2 Å². The van der Waals surface area contributed by atoms with Crippen molar-refractivity contribution in [3.05, 3.63) is 93.1 Å². The van der Waals surface area contributed by atoms with E-state index in [4.69, 9.17) is 0 Å². The van der Waals surface area contributed by atoms with Crippen LogP contribution >= 0.6 is 67.8 Å². The normalized spacial score (nSPS) is 11.7. The van der Waals surface area contributed by atoms with Crippen LogP contribution in [0, 0.1) is 3.57 Å². The highest BCUT2D eigenvalue weighted by molar-refractivity contribution is 14.2. The minimum absolute atomic E-state index is 0.202. The van der Waals surface area contributed by atoms with E-state index in [0.29, 0.717) is 0 Å². The first-order valence-electron chi connectivity index (χ1n) is 7.58. The Balaban J connectivity index is 2.38. The van der Waals surface area contributed by atoms with Crippen molar-refractivity contribution in [3.8, 4) is 11.5 Å². The first-order chi connectivity index (χ1) is 12.0. The van der Waals surface area contributed by atoms with Gasteiger partial charge in [-0.2, -0.15) is 0 Å². The van der Waals surface area contributed by atoms with Gasteiger partial charge in [-0.1, -0.05) is 87.6 Å². The van der Waals surface area contributed by atoms with Crippen molar-refractivity contribution in [3.63, 3.8) is 0 Å². The summed E-state index contributed by atoms with van der Waals surface area (Å²) in [6.07, 6.45) is 0.